The van der Waals surface area contributed by atoms with Crippen LogP contribution >= 0.6 is 24.0 Å². The van der Waals surface area contributed by atoms with Gasteiger partial charge in [0, 0.05) is 0 Å². The van der Waals surface area contributed by atoms with Crippen molar-refractivity contribution in [2.45, 2.75) is 13.3 Å². The van der Waals surface area contributed by atoms with Gasteiger partial charge in [0.25, 0.3) is 5.91 Å². The zero-order chi connectivity index (χ0) is 20.1. The Balaban J connectivity index is 1.89. The van der Waals surface area contributed by atoms with Crippen molar-refractivity contribution in [1.82, 2.24) is 0 Å². The maximum atomic E-state index is 13.0. The molecule has 0 aromatic heterocycles. The van der Waals surface area contributed by atoms with Crippen LogP contribution in [0.3, 0.4) is 0 Å². The molecule has 7 heteroatoms. The summed E-state index contributed by atoms with van der Waals surface area (Å²) in [5.74, 6) is 1.73. The summed E-state index contributed by atoms with van der Waals surface area (Å²) in [7, 11) is 3.17. The van der Waals surface area contributed by atoms with Gasteiger partial charge in [-0.05, 0) is 42.3 Å². The summed E-state index contributed by atoms with van der Waals surface area (Å²) in [6, 6.07) is 12.9. The largest absolute Gasteiger partial charge is 0.495 e. The number of hydrogen-bond donors (Lipinski definition) is 0. The fourth-order valence-electron chi connectivity index (χ4n) is 2.75. The number of ether oxygens (including phenoxy) is 3. The minimum atomic E-state index is -0.176. The second-order valence-corrected chi connectivity index (χ2v) is 7.62. The Labute approximate surface area is 174 Å². The van der Waals surface area contributed by atoms with E-state index in [1.807, 2.05) is 43.3 Å². The fraction of sp³-hybridized carbons (Fsp3) is 0.238. The number of carbonyl (C=O) groups is 1. The van der Waals surface area contributed by atoms with E-state index < -0.39 is 0 Å². The number of benzene rings is 2. The van der Waals surface area contributed by atoms with Gasteiger partial charge in [0.05, 0.1) is 31.4 Å². The molecule has 0 atom stereocenters. The van der Waals surface area contributed by atoms with Gasteiger partial charge in [0.2, 0.25) is 0 Å². The molecular weight excluding hydrogens is 394 g/mol. The first-order valence-electron chi connectivity index (χ1n) is 8.80. The second kappa shape index (κ2) is 9.12. The van der Waals surface area contributed by atoms with Gasteiger partial charge in [-0.15, -0.1) is 0 Å². The molecule has 5 nitrogen and oxygen atoms in total. The highest BCUT2D eigenvalue weighted by Gasteiger charge is 2.34. The van der Waals surface area contributed by atoms with Gasteiger partial charge in [0.15, 0.2) is 15.8 Å². The van der Waals surface area contributed by atoms with E-state index in [0.29, 0.717) is 38.8 Å². The highest BCUT2D eigenvalue weighted by molar-refractivity contribution is 8.27. The molecule has 146 valence electrons. The van der Waals surface area contributed by atoms with Crippen LogP contribution in [-0.4, -0.2) is 31.1 Å². The SMILES string of the molecule is CCCOc1ccc(/C=C2\SC(=S)N(c3ccccc3OC)C2=O)cc1OC. The molecule has 0 unspecified atom stereocenters. The lowest BCUT2D eigenvalue weighted by Crippen LogP contribution is -2.27. The molecule has 0 aliphatic carbocycles. The van der Waals surface area contributed by atoms with E-state index >= 15 is 0 Å². The number of methoxy groups -OCH3 is 2. The summed E-state index contributed by atoms with van der Waals surface area (Å²) < 4.78 is 16.9. The van der Waals surface area contributed by atoms with E-state index in [2.05, 4.69) is 0 Å². The normalized spacial score (nSPS) is 15.2. The number of amides is 1. The van der Waals surface area contributed by atoms with Crippen molar-refractivity contribution in [3.8, 4) is 17.2 Å². The summed E-state index contributed by atoms with van der Waals surface area (Å²) in [6.45, 7) is 2.66. The summed E-state index contributed by atoms with van der Waals surface area (Å²) in [5.41, 5.74) is 1.47. The zero-order valence-corrected chi connectivity index (χ0v) is 17.6. The van der Waals surface area contributed by atoms with Crippen LogP contribution in [0, 0.1) is 0 Å². The average Bonchev–Trinajstić information content (AvgIpc) is 2.99. The zero-order valence-electron chi connectivity index (χ0n) is 15.9. The predicted molar refractivity (Wildman–Crippen MR) is 117 cm³/mol. The van der Waals surface area contributed by atoms with E-state index in [1.54, 1.807) is 26.4 Å². The lowest BCUT2D eigenvalue weighted by molar-refractivity contribution is -0.113. The minimum absolute atomic E-state index is 0.176. The van der Waals surface area contributed by atoms with E-state index in [9.17, 15) is 4.79 Å². The molecule has 1 fully saturated rings. The Morgan fingerprint density at radius 1 is 1.07 bits per heavy atom. The van der Waals surface area contributed by atoms with Gasteiger partial charge in [-0.25, -0.2) is 0 Å². The smallest absolute Gasteiger partial charge is 0.270 e. The van der Waals surface area contributed by atoms with Gasteiger partial charge >= 0.3 is 0 Å². The molecule has 0 bridgehead atoms. The molecule has 28 heavy (non-hydrogen) atoms. The molecule has 1 aliphatic rings. The number of para-hydroxylation sites is 2. The fourth-order valence-corrected chi connectivity index (χ4v) is 4.03. The predicted octanol–water partition coefficient (Wildman–Crippen LogP) is 4.90. The number of anilines is 1. The molecular formula is C21H21NO4S2. The molecule has 0 radical (unpaired) electrons. The third-order valence-corrected chi connectivity index (χ3v) is 5.37. The van der Waals surface area contributed by atoms with Crippen LogP contribution in [0.15, 0.2) is 47.4 Å². The summed E-state index contributed by atoms with van der Waals surface area (Å²) in [6.07, 6.45) is 2.72. The van der Waals surface area contributed by atoms with E-state index in [0.717, 1.165) is 12.0 Å². The Morgan fingerprint density at radius 3 is 2.54 bits per heavy atom. The molecule has 1 saturated heterocycles. The number of hydrogen-bond acceptors (Lipinski definition) is 6. The van der Waals surface area contributed by atoms with Crippen molar-refractivity contribution >= 4 is 46.0 Å². The molecule has 1 aliphatic heterocycles. The van der Waals surface area contributed by atoms with Crippen molar-refractivity contribution in [2.24, 2.45) is 0 Å². The van der Waals surface area contributed by atoms with Crippen LogP contribution in [0.1, 0.15) is 18.9 Å². The molecule has 1 amide bonds. The Bertz CT molecular complexity index is 926. The molecule has 0 N–H and O–H groups in total. The van der Waals surface area contributed by atoms with Crippen LogP contribution in [0.4, 0.5) is 5.69 Å². The molecule has 0 saturated carbocycles. The van der Waals surface area contributed by atoms with Gasteiger partial charge in [-0.3, -0.25) is 9.69 Å². The number of thiocarbonyl (C=S) groups is 1. The van der Waals surface area contributed by atoms with Crippen LogP contribution < -0.4 is 19.1 Å². The summed E-state index contributed by atoms with van der Waals surface area (Å²) >= 11 is 6.71. The minimum Gasteiger partial charge on any atom is -0.495 e. The third-order valence-electron chi connectivity index (χ3n) is 4.07. The Morgan fingerprint density at radius 2 is 1.82 bits per heavy atom. The van der Waals surface area contributed by atoms with E-state index in [1.165, 1.54) is 16.7 Å². The topological polar surface area (TPSA) is 48.0 Å². The first-order chi connectivity index (χ1) is 13.6. The number of nitrogens with zero attached hydrogens (tertiary/aromatic N) is 1. The molecule has 1 heterocycles. The Kier molecular flexibility index (Phi) is 6.59. The number of rotatable bonds is 7. The quantitative estimate of drug-likeness (QED) is 0.474. The van der Waals surface area contributed by atoms with Crippen molar-refractivity contribution in [3.63, 3.8) is 0 Å². The van der Waals surface area contributed by atoms with Crippen molar-refractivity contribution < 1.29 is 19.0 Å². The molecule has 2 aromatic carbocycles. The second-order valence-electron chi connectivity index (χ2n) is 5.95. The maximum absolute atomic E-state index is 13.0. The lowest BCUT2D eigenvalue weighted by Gasteiger charge is -2.17. The van der Waals surface area contributed by atoms with E-state index in [4.69, 9.17) is 26.4 Å². The van der Waals surface area contributed by atoms with Gasteiger partial charge < -0.3 is 14.2 Å². The Hall–Kier alpha value is -2.51. The standard InChI is InChI=1S/C21H21NO4S2/c1-4-11-26-17-10-9-14(12-18(17)25-3)13-19-20(23)22(21(27)28-19)15-7-5-6-8-16(15)24-2/h5-10,12-13H,4,11H2,1-3H3/b19-13-. The molecule has 3 rings (SSSR count). The monoisotopic (exact) mass is 415 g/mol. The van der Waals surface area contributed by atoms with Crippen LogP contribution in [-0.2, 0) is 4.79 Å². The van der Waals surface area contributed by atoms with Gasteiger partial charge in [0.1, 0.15) is 5.75 Å². The van der Waals surface area contributed by atoms with Crippen LogP contribution in [0.2, 0.25) is 0 Å². The number of thioether (sulfide) groups is 1. The van der Waals surface area contributed by atoms with Crippen molar-refractivity contribution in [2.75, 3.05) is 25.7 Å². The summed E-state index contributed by atoms with van der Waals surface area (Å²) in [4.78, 5) is 15.0. The third kappa shape index (κ3) is 4.15. The highest BCUT2D eigenvalue weighted by atomic mass is 32.2. The maximum Gasteiger partial charge on any atom is 0.270 e. The highest BCUT2D eigenvalue weighted by Crippen LogP contribution is 2.40. The van der Waals surface area contributed by atoms with Crippen molar-refractivity contribution in [3.05, 3.63) is 52.9 Å². The molecule has 0 spiro atoms. The van der Waals surface area contributed by atoms with Gasteiger partial charge in [-0.2, -0.15) is 0 Å². The average molecular weight is 416 g/mol. The van der Waals surface area contributed by atoms with Crippen molar-refractivity contribution in [1.29, 1.82) is 0 Å². The first kappa shape index (κ1) is 20.2. The first-order valence-corrected chi connectivity index (χ1v) is 10.0. The lowest BCUT2D eigenvalue weighted by atomic mass is 10.1. The van der Waals surface area contributed by atoms with Gasteiger partial charge in [-0.1, -0.05) is 49.1 Å². The molecule has 2 aromatic rings. The van der Waals surface area contributed by atoms with Crippen LogP contribution in [0.25, 0.3) is 6.08 Å². The summed E-state index contributed by atoms with van der Waals surface area (Å²) in [5, 5.41) is 0. The van der Waals surface area contributed by atoms with Crippen LogP contribution in [0.5, 0.6) is 17.2 Å². The van der Waals surface area contributed by atoms with E-state index in [-0.39, 0.29) is 5.91 Å². The number of carbonyl (C=O) groups excluding carboxylic acids is 1.